The molecular weight excluding hydrogens is 436 g/mol. The molecule has 1 aromatic carbocycles. The highest BCUT2D eigenvalue weighted by Gasteiger charge is 2.30. The van der Waals surface area contributed by atoms with Crippen molar-refractivity contribution in [2.75, 3.05) is 39.4 Å². The predicted octanol–water partition coefficient (Wildman–Crippen LogP) is 4.27. The van der Waals surface area contributed by atoms with Gasteiger partial charge in [0.15, 0.2) is 5.78 Å². The van der Waals surface area contributed by atoms with Crippen molar-refractivity contribution in [3.63, 3.8) is 0 Å². The molecule has 0 N–H and O–H groups in total. The third kappa shape index (κ3) is 8.31. The maximum Gasteiger partial charge on any atom is 0.410 e. The van der Waals surface area contributed by atoms with E-state index in [0.717, 1.165) is 31.2 Å². The smallest absolute Gasteiger partial charge is 0.410 e. The minimum absolute atomic E-state index is 0.0340. The summed E-state index contributed by atoms with van der Waals surface area (Å²) < 4.78 is 16.6. The highest BCUT2D eigenvalue weighted by atomic mass is 16.6. The number of carbonyl (C=O) groups excluding carboxylic acids is 3. The fourth-order valence-electron chi connectivity index (χ4n) is 4.27. The summed E-state index contributed by atoms with van der Waals surface area (Å²) in [7, 11) is 0. The van der Waals surface area contributed by atoms with E-state index < -0.39 is 5.60 Å². The zero-order valence-electron chi connectivity index (χ0n) is 20.7. The van der Waals surface area contributed by atoms with E-state index in [1.165, 1.54) is 0 Å². The maximum atomic E-state index is 12.7. The van der Waals surface area contributed by atoms with E-state index in [9.17, 15) is 14.4 Å². The van der Waals surface area contributed by atoms with Crippen molar-refractivity contribution in [1.29, 1.82) is 0 Å². The van der Waals surface area contributed by atoms with Crippen LogP contribution in [0.4, 0.5) is 9.59 Å². The van der Waals surface area contributed by atoms with E-state index in [4.69, 9.17) is 14.2 Å². The Morgan fingerprint density at radius 1 is 0.941 bits per heavy atom. The Bertz CT molecular complexity index is 814. The molecular formula is C26H38N2O6. The Morgan fingerprint density at radius 2 is 1.65 bits per heavy atom. The molecule has 34 heavy (non-hydrogen) atoms. The largest absolute Gasteiger partial charge is 0.445 e. The molecule has 0 aliphatic carbocycles. The molecule has 2 heterocycles. The Balaban J connectivity index is 1.33. The van der Waals surface area contributed by atoms with Crippen LogP contribution < -0.4 is 0 Å². The van der Waals surface area contributed by atoms with Crippen molar-refractivity contribution in [3.8, 4) is 0 Å². The number of ether oxygens (including phenoxy) is 3. The lowest BCUT2D eigenvalue weighted by atomic mass is 9.94. The van der Waals surface area contributed by atoms with Crippen LogP contribution in [0.5, 0.6) is 0 Å². The molecule has 0 aromatic heterocycles. The van der Waals surface area contributed by atoms with Crippen molar-refractivity contribution < 1.29 is 28.6 Å². The van der Waals surface area contributed by atoms with E-state index in [1.54, 1.807) is 9.80 Å². The number of ketones is 1. The standard InChI is InChI=1S/C26H38N2O6/c1-26(2,3)34-25(31)27-14-11-21(12-15-27)17-32-19-23(29)22-10-7-13-28(16-22)24(30)33-18-20-8-5-4-6-9-20/h4-6,8-9,21-22H,7,10-19H2,1-3H3. The van der Waals surface area contributed by atoms with Crippen LogP contribution in [0.2, 0.25) is 0 Å². The molecule has 8 heteroatoms. The average Bonchev–Trinajstić information content (AvgIpc) is 2.82. The molecule has 2 aliphatic heterocycles. The molecule has 1 atom stereocenters. The number of nitrogens with zero attached hydrogens (tertiary/aromatic N) is 2. The number of rotatable bonds is 7. The van der Waals surface area contributed by atoms with Crippen molar-refractivity contribution in [2.45, 2.75) is 58.7 Å². The number of piperidine rings is 2. The third-order valence-electron chi connectivity index (χ3n) is 6.20. The number of Topliss-reactive ketones (excluding diaryl/α,β-unsaturated/α-hetero) is 1. The van der Waals surface area contributed by atoms with Crippen molar-refractivity contribution in [2.24, 2.45) is 11.8 Å². The lowest BCUT2D eigenvalue weighted by molar-refractivity contribution is -0.129. The van der Waals surface area contributed by atoms with Crippen LogP contribution in [0.1, 0.15) is 52.0 Å². The van der Waals surface area contributed by atoms with E-state index in [1.807, 2.05) is 51.1 Å². The van der Waals surface area contributed by atoms with E-state index in [2.05, 4.69) is 0 Å². The molecule has 0 bridgehead atoms. The van der Waals surface area contributed by atoms with Gasteiger partial charge in [-0.2, -0.15) is 0 Å². The third-order valence-corrected chi connectivity index (χ3v) is 6.20. The van der Waals surface area contributed by atoms with Gasteiger partial charge in [-0.15, -0.1) is 0 Å². The first kappa shape index (κ1) is 26.0. The van der Waals surface area contributed by atoms with Crippen LogP contribution in [0.3, 0.4) is 0 Å². The first-order valence-electron chi connectivity index (χ1n) is 12.3. The Labute approximate surface area is 202 Å². The van der Waals surface area contributed by atoms with E-state index >= 15 is 0 Å². The van der Waals surface area contributed by atoms with Crippen LogP contribution in [0, 0.1) is 11.8 Å². The highest BCUT2D eigenvalue weighted by Crippen LogP contribution is 2.22. The maximum absolute atomic E-state index is 12.7. The van der Waals surface area contributed by atoms with Gasteiger partial charge in [0.1, 0.15) is 18.8 Å². The van der Waals surface area contributed by atoms with Crippen LogP contribution in [-0.4, -0.2) is 72.8 Å². The lowest BCUT2D eigenvalue weighted by Gasteiger charge is -2.33. The quantitative estimate of drug-likeness (QED) is 0.587. The second kappa shape index (κ2) is 12.2. The zero-order valence-corrected chi connectivity index (χ0v) is 20.7. The van der Waals surface area contributed by atoms with Gasteiger partial charge in [0.2, 0.25) is 0 Å². The van der Waals surface area contributed by atoms with Gasteiger partial charge in [-0.05, 0) is 57.9 Å². The molecule has 2 aliphatic rings. The Morgan fingerprint density at radius 3 is 2.32 bits per heavy atom. The first-order chi connectivity index (χ1) is 16.2. The van der Waals surface area contributed by atoms with E-state index in [0.29, 0.717) is 38.7 Å². The minimum atomic E-state index is -0.495. The Kier molecular flexibility index (Phi) is 9.33. The van der Waals surface area contributed by atoms with Gasteiger partial charge in [0.25, 0.3) is 0 Å². The van der Waals surface area contributed by atoms with Crippen molar-refractivity contribution in [1.82, 2.24) is 9.80 Å². The molecule has 1 aromatic rings. The average molecular weight is 475 g/mol. The normalized spacial score (nSPS) is 19.6. The second-order valence-corrected chi connectivity index (χ2v) is 10.2. The molecule has 2 fully saturated rings. The fourth-order valence-corrected chi connectivity index (χ4v) is 4.27. The molecule has 0 saturated carbocycles. The van der Waals surface area contributed by atoms with Crippen LogP contribution >= 0.6 is 0 Å². The lowest BCUT2D eigenvalue weighted by Crippen LogP contribution is -2.43. The molecule has 8 nitrogen and oxygen atoms in total. The summed E-state index contributed by atoms with van der Waals surface area (Å²) in [6.45, 7) is 8.64. The molecule has 3 rings (SSSR count). The van der Waals surface area contributed by atoms with Crippen molar-refractivity contribution in [3.05, 3.63) is 35.9 Å². The summed E-state index contributed by atoms with van der Waals surface area (Å²) in [5.74, 6) is 0.140. The molecule has 1 unspecified atom stereocenters. The zero-order chi connectivity index (χ0) is 24.6. The second-order valence-electron chi connectivity index (χ2n) is 10.2. The van der Waals surface area contributed by atoms with E-state index in [-0.39, 0.29) is 37.1 Å². The highest BCUT2D eigenvalue weighted by molar-refractivity contribution is 5.83. The number of hydrogen-bond acceptors (Lipinski definition) is 6. The van der Waals surface area contributed by atoms with Gasteiger partial charge >= 0.3 is 12.2 Å². The van der Waals surface area contributed by atoms with Gasteiger partial charge in [-0.1, -0.05) is 30.3 Å². The number of likely N-dealkylation sites (tertiary alicyclic amines) is 2. The number of hydrogen-bond donors (Lipinski definition) is 0. The fraction of sp³-hybridized carbons (Fsp3) is 0.654. The first-order valence-corrected chi connectivity index (χ1v) is 12.3. The SMILES string of the molecule is CC(C)(C)OC(=O)N1CCC(COCC(=O)C2CCCN(C(=O)OCc3ccccc3)C2)CC1. The topological polar surface area (TPSA) is 85.4 Å². The summed E-state index contributed by atoms with van der Waals surface area (Å²) in [6, 6.07) is 9.55. The predicted molar refractivity (Wildman–Crippen MR) is 127 cm³/mol. The monoisotopic (exact) mass is 474 g/mol. The van der Waals surface area contributed by atoms with Crippen LogP contribution in [-0.2, 0) is 25.6 Å². The molecule has 2 saturated heterocycles. The van der Waals surface area contributed by atoms with Crippen molar-refractivity contribution >= 4 is 18.0 Å². The van der Waals surface area contributed by atoms with Crippen LogP contribution in [0.15, 0.2) is 30.3 Å². The Hall–Kier alpha value is -2.61. The summed E-state index contributed by atoms with van der Waals surface area (Å²) >= 11 is 0. The summed E-state index contributed by atoms with van der Waals surface area (Å²) in [6.07, 6.45) is 2.56. The minimum Gasteiger partial charge on any atom is -0.445 e. The molecule has 0 radical (unpaired) electrons. The van der Waals surface area contributed by atoms with Gasteiger partial charge in [0, 0.05) is 32.1 Å². The summed E-state index contributed by atoms with van der Waals surface area (Å²) in [5, 5.41) is 0. The van der Waals surface area contributed by atoms with Gasteiger partial charge in [-0.3, -0.25) is 4.79 Å². The number of benzene rings is 1. The molecule has 2 amide bonds. The number of amides is 2. The molecule has 0 spiro atoms. The molecule has 188 valence electrons. The van der Waals surface area contributed by atoms with Gasteiger partial charge in [-0.25, -0.2) is 9.59 Å². The number of carbonyl (C=O) groups is 3. The van der Waals surface area contributed by atoms with Gasteiger partial charge < -0.3 is 24.0 Å². The summed E-state index contributed by atoms with van der Waals surface area (Å²) in [4.78, 5) is 40.7. The van der Waals surface area contributed by atoms with Crippen LogP contribution in [0.25, 0.3) is 0 Å². The van der Waals surface area contributed by atoms with Gasteiger partial charge in [0.05, 0.1) is 6.61 Å². The summed E-state index contributed by atoms with van der Waals surface area (Å²) in [5.41, 5.74) is 0.441.